The van der Waals surface area contributed by atoms with Gasteiger partial charge in [0, 0.05) is 31.2 Å². The Morgan fingerprint density at radius 2 is 2.31 bits per heavy atom. The number of nitrogens with one attached hydrogen (secondary N) is 1. The summed E-state index contributed by atoms with van der Waals surface area (Å²) in [5.41, 5.74) is 1.07. The molecule has 1 aromatic heterocycles. The van der Waals surface area contributed by atoms with Crippen LogP contribution in [0, 0.1) is 12.8 Å². The molecule has 132 valence electrons. The van der Waals surface area contributed by atoms with E-state index in [0.717, 1.165) is 38.6 Å². The number of ether oxygens (including phenoxy) is 1. The first-order chi connectivity index (χ1) is 12.2. The number of aliphatic imine (C=N–C) groups is 1. The summed E-state index contributed by atoms with van der Waals surface area (Å²) in [6.07, 6.45) is 10.3. The van der Waals surface area contributed by atoms with E-state index in [1.807, 2.05) is 13.1 Å². The first kappa shape index (κ1) is 20.4. The molecule has 1 aromatic rings. The Kier molecular flexibility index (Phi) is 7.64. The molecule has 0 spiro atoms. The van der Waals surface area contributed by atoms with Gasteiger partial charge in [0.15, 0.2) is 5.88 Å². The van der Waals surface area contributed by atoms with E-state index in [0.29, 0.717) is 28.9 Å². The topological polar surface area (TPSA) is 72.0 Å². The number of likely N-dealkylation sites (N-methyl/N-ethyl adjacent to an activating group) is 1. The van der Waals surface area contributed by atoms with Gasteiger partial charge in [-0.3, -0.25) is 12.8 Å². The van der Waals surface area contributed by atoms with Crippen molar-refractivity contribution in [3.05, 3.63) is 48.2 Å². The molecule has 26 heavy (non-hydrogen) atoms. The predicted octanol–water partition coefficient (Wildman–Crippen LogP) is -0.908. The molecule has 2 fully saturated rings. The molecule has 0 bridgehead atoms. The molecule has 1 atom stereocenters. The zero-order chi connectivity index (χ0) is 17.6. The van der Waals surface area contributed by atoms with Gasteiger partial charge in [-0.2, -0.15) is 6.08 Å². The van der Waals surface area contributed by atoms with Gasteiger partial charge in [0.1, 0.15) is 0 Å². The molecule has 0 aromatic carbocycles. The van der Waals surface area contributed by atoms with E-state index in [1.54, 1.807) is 12.3 Å². The van der Waals surface area contributed by atoms with Gasteiger partial charge in [0.2, 0.25) is 0 Å². The van der Waals surface area contributed by atoms with Crippen molar-refractivity contribution in [1.29, 1.82) is 0 Å². The standard InChI is InChI=1S/C19H22N5O.Li/c1-3-18(24-10-8-15(13-24)21-2)23-12-14(11-20)17-5-4-9-22-19(17)25-16-6-7-16;/h1,3-5,9,11,15-16,21H,6-8,10,13H2,2H3;/q-3;+1/t15-;/m1./s1. The Morgan fingerprint density at radius 3 is 2.92 bits per heavy atom. The van der Waals surface area contributed by atoms with Crippen LogP contribution in [0.1, 0.15) is 24.8 Å². The Labute approximate surface area is 167 Å². The van der Waals surface area contributed by atoms with Crippen LogP contribution >= 0.6 is 0 Å². The Morgan fingerprint density at radius 1 is 1.50 bits per heavy atom. The maximum Gasteiger partial charge on any atom is 1.00 e. The molecule has 0 unspecified atom stereocenters. The number of likely N-dealkylation sites (tertiary alicyclic amines) is 1. The smallest absolute Gasteiger partial charge is 0.862 e. The van der Waals surface area contributed by atoms with E-state index < -0.39 is 0 Å². The second-order valence-electron chi connectivity index (χ2n) is 6.18. The number of allylic oxidation sites excluding steroid dienone is 1. The second kappa shape index (κ2) is 9.72. The molecule has 0 radical (unpaired) electrons. The van der Waals surface area contributed by atoms with Crippen molar-refractivity contribution in [1.82, 2.24) is 15.2 Å². The van der Waals surface area contributed by atoms with Crippen LogP contribution < -0.4 is 28.9 Å². The third kappa shape index (κ3) is 5.07. The summed E-state index contributed by atoms with van der Waals surface area (Å²) >= 11 is 0. The number of rotatable bonds is 7. The van der Waals surface area contributed by atoms with Gasteiger partial charge >= 0.3 is 18.9 Å². The SMILES string of the molecule is [CH-]=CC(=N[C-]=C(C=[N-])c1cccnc1OC1CC1)N1CC[C@@H](NC)C1.[Li+]. The number of amidine groups is 1. The van der Waals surface area contributed by atoms with Gasteiger partial charge in [-0.25, -0.2) is 4.98 Å². The molecule has 7 heteroatoms. The minimum atomic E-state index is 0. The fourth-order valence-corrected chi connectivity index (χ4v) is 2.73. The monoisotopic (exact) mass is 343 g/mol. The summed E-state index contributed by atoms with van der Waals surface area (Å²) in [6, 6.07) is 4.04. The van der Waals surface area contributed by atoms with Gasteiger partial charge in [-0.1, -0.05) is 12.1 Å². The fraction of sp³-hybridized carbons (Fsp3) is 0.421. The predicted molar refractivity (Wildman–Crippen MR) is 99.3 cm³/mol. The quantitative estimate of drug-likeness (QED) is 0.301. The number of nitrogens with zero attached hydrogens (tertiary/aromatic N) is 4. The number of aromatic nitrogens is 1. The number of pyridine rings is 1. The van der Waals surface area contributed by atoms with Crippen LogP contribution in [0.15, 0.2) is 29.4 Å². The van der Waals surface area contributed by atoms with Crippen LogP contribution in [0.25, 0.3) is 11.0 Å². The van der Waals surface area contributed by atoms with Gasteiger partial charge in [-0.15, -0.1) is 5.57 Å². The number of hydrogen-bond acceptors (Lipinski definition) is 4. The Bertz CT molecular complexity index is 699. The number of hydrogen-bond donors (Lipinski definition) is 1. The normalized spacial score (nSPS) is 20.5. The van der Waals surface area contributed by atoms with Crippen molar-refractivity contribution in [2.24, 2.45) is 4.99 Å². The van der Waals surface area contributed by atoms with E-state index in [9.17, 15) is 5.41 Å². The summed E-state index contributed by atoms with van der Waals surface area (Å²) < 4.78 is 5.80. The first-order valence-corrected chi connectivity index (χ1v) is 8.52. The second-order valence-corrected chi connectivity index (χ2v) is 6.18. The van der Waals surface area contributed by atoms with Crippen molar-refractivity contribution in [2.45, 2.75) is 31.4 Å². The van der Waals surface area contributed by atoms with Crippen molar-refractivity contribution < 1.29 is 23.6 Å². The fourth-order valence-electron chi connectivity index (χ4n) is 2.73. The van der Waals surface area contributed by atoms with Crippen molar-refractivity contribution in [3.8, 4) is 5.88 Å². The molecule has 2 heterocycles. The third-order valence-electron chi connectivity index (χ3n) is 4.35. The molecular formula is C19H22LiN5O-2. The van der Waals surface area contributed by atoms with E-state index in [-0.39, 0.29) is 25.0 Å². The zero-order valence-corrected chi connectivity index (χ0v) is 15.4. The van der Waals surface area contributed by atoms with Crippen molar-refractivity contribution in [2.75, 3.05) is 20.1 Å². The third-order valence-corrected chi connectivity index (χ3v) is 4.35. The molecule has 1 N–H and O–H groups in total. The molecule has 1 aliphatic heterocycles. The van der Waals surface area contributed by atoms with Gasteiger partial charge < -0.3 is 25.4 Å². The molecule has 2 aliphatic rings. The summed E-state index contributed by atoms with van der Waals surface area (Å²) in [5.74, 6) is 1.12. The van der Waals surface area contributed by atoms with Gasteiger partial charge in [0.05, 0.1) is 6.10 Å². The Hall–Kier alpha value is -1.87. The first-order valence-electron chi connectivity index (χ1n) is 8.52. The maximum absolute atomic E-state index is 9.64. The summed E-state index contributed by atoms with van der Waals surface area (Å²) in [4.78, 5) is 10.7. The average Bonchev–Trinajstić information content (AvgIpc) is 3.33. The molecular weight excluding hydrogens is 321 g/mol. The van der Waals surface area contributed by atoms with Gasteiger partial charge in [-0.05, 0) is 38.1 Å². The van der Waals surface area contributed by atoms with E-state index >= 15 is 0 Å². The molecule has 3 rings (SSSR count). The molecule has 1 saturated carbocycles. The Balaban J connectivity index is 0.00000243. The van der Waals surface area contributed by atoms with Crippen molar-refractivity contribution in [3.63, 3.8) is 0 Å². The van der Waals surface area contributed by atoms with Crippen LogP contribution in [0.3, 0.4) is 0 Å². The maximum atomic E-state index is 9.64. The minimum Gasteiger partial charge on any atom is -0.862 e. The van der Waals surface area contributed by atoms with E-state index in [2.05, 4.69) is 26.4 Å². The molecule has 0 amide bonds. The summed E-state index contributed by atoms with van der Waals surface area (Å²) in [6.45, 7) is 7.45. The molecule has 1 saturated heterocycles. The van der Waals surface area contributed by atoms with Gasteiger partial charge in [0.25, 0.3) is 0 Å². The van der Waals surface area contributed by atoms with Crippen LogP contribution in [-0.4, -0.2) is 54.2 Å². The zero-order valence-electron chi connectivity index (χ0n) is 15.4. The van der Waals surface area contributed by atoms with E-state index in [4.69, 9.17) is 11.3 Å². The molecule has 1 aliphatic carbocycles. The summed E-state index contributed by atoms with van der Waals surface area (Å²) in [7, 11) is 1.95. The van der Waals surface area contributed by atoms with Crippen LogP contribution in [0.5, 0.6) is 5.88 Å². The van der Waals surface area contributed by atoms with Crippen LogP contribution in [0.4, 0.5) is 0 Å². The average molecular weight is 343 g/mol. The largest absolute Gasteiger partial charge is 1.00 e. The van der Waals surface area contributed by atoms with E-state index in [1.165, 1.54) is 6.08 Å². The van der Waals surface area contributed by atoms with Crippen molar-refractivity contribution >= 4 is 17.6 Å². The van der Waals surface area contributed by atoms with Crippen LogP contribution in [-0.2, 0) is 0 Å². The van der Waals surface area contributed by atoms with Crippen LogP contribution in [0.2, 0.25) is 0 Å². The minimum absolute atomic E-state index is 0. The molecule has 6 nitrogen and oxygen atoms in total. The summed E-state index contributed by atoms with van der Waals surface area (Å²) in [5, 5.41) is 12.9.